The number of carbonyl (C=O) groups is 1. The van der Waals surface area contributed by atoms with Gasteiger partial charge in [0.2, 0.25) is 0 Å². The van der Waals surface area contributed by atoms with Gasteiger partial charge in [-0.3, -0.25) is 9.72 Å². The van der Waals surface area contributed by atoms with Gasteiger partial charge in [0.15, 0.2) is 11.5 Å². The van der Waals surface area contributed by atoms with E-state index in [2.05, 4.69) is 72.6 Å². The first-order chi connectivity index (χ1) is 24.7. The number of aromatic nitrogens is 5. The van der Waals surface area contributed by atoms with Gasteiger partial charge in [-0.25, -0.2) is 9.48 Å². The lowest BCUT2D eigenvalue weighted by Gasteiger charge is -2.18. The zero-order chi connectivity index (χ0) is 36.0. The van der Waals surface area contributed by atoms with Crippen LogP contribution in [0.5, 0.6) is 5.75 Å². The van der Waals surface area contributed by atoms with Gasteiger partial charge in [0, 0.05) is 40.2 Å². The fraction of sp³-hybridized carbons (Fsp3) is 0.231. The first kappa shape index (κ1) is 35.8. The first-order valence-corrected chi connectivity index (χ1v) is 18.6. The van der Waals surface area contributed by atoms with Gasteiger partial charge in [0.1, 0.15) is 18.2 Å². The number of nitrogens with zero attached hydrogens (tertiary/aromatic N) is 5. The van der Waals surface area contributed by atoms with E-state index < -0.39 is 0 Å². The quantitative estimate of drug-likeness (QED) is 0.0963. The van der Waals surface area contributed by atoms with Crippen LogP contribution in [0.15, 0.2) is 120 Å². The van der Waals surface area contributed by atoms with Gasteiger partial charge >= 0.3 is 6.03 Å². The van der Waals surface area contributed by atoms with Crippen molar-refractivity contribution < 1.29 is 14.6 Å². The molecule has 3 aromatic carbocycles. The Hall–Kier alpha value is -5.04. The van der Waals surface area contributed by atoms with E-state index in [0.717, 1.165) is 49.3 Å². The number of benzene rings is 3. The number of hydrogen-bond acceptors (Lipinski definition) is 8. The number of rotatable bonds is 14. The summed E-state index contributed by atoms with van der Waals surface area (Å²) in [5, 5.41) is 29.1. The SMILES string of the molecule is C=CC(C)c1ccccc1-c1nnc2ccc(Sc3ccccc3CNC(=O)Nc3cc(C(C)(C)SC)nn3-c3cccc(OCCO)c3)cn12. The Morgan fingerprint density at radius 3 is 2.65 bits per heavy atom. The molecule has 0 aliphatic carbocycles. The molecular formula is C39H41N7O3S2. The van der Waals surface area contributed by atoms with Crippen LogP contribution in [0, 0.1) is 0 Å². The summed E-state index contributed by atoms with van der Waals surface area (Å²) in [6, 6.07) is 29.2. The van der Waals surface area contributed by atoms with Crippen LogP contribution in [0.3, 0.4) is 0 Å². The number of hydrogen-bond donors (Lipinski definition) is 3. The molecule has 51 heavy (non-hydrogen) atoms. The molecule has 6 rings (SSSR count). The summed E-state index contributed by atoms with van der Waals surface area (Å²) in [7, 11) is 0. The number of urea groups is 1. The number of anilines is 1. The van der Waals surface area contributed by atoms with Crippen LogP contribution in [0.1, 0.15) is 43.5 Å². The number of fused-ring (bicyclic) bond motifs is 1. The number of thioether (sulfide) groups is 1. The van der Waals surface area contributed by atoms with E-state index in [1.165, 1.54) is 0 Å². The molecule has 0 bridgehead atoms. The van der Waals surface area contributed by atoms with Gasteiger partial charge < -0.3 is 15.2 Å². The van der Waals surface area contributed by atoms with Crippen LogP contribution >= 0.6 is 23.5 Å². The molecule has 12 heteroatoms. The summed E-state index contributed by atoms with van der Waals surface area (Å²) in [4.78, 5) is 15.4. The van der Waals surface area contributed by atoms with E-state index in [1.54, 1.807) is 28.2 Å². The molecule has 0 saturated heterocycles. The molecule has 0 spiro atoms. The van der Waals surface area contributed by atoms with Crippen LogP contribution < -0.4 is 15.4 Å². The minimum atomic E-state index is -0.361. The number of aliphatic hydroxyl groups excluding tert-OH is 1. The minimum absolute atomic E-state index is 0.0875. The Balaban J connectivity index is 1.20. The lowest BCUT2D eigenvalue weighted by molar-refractivity contribution is 0.201. The third-order valence-corrected chi connectivity index (χ3v) is 10.9. The van der Waals surface area contributed by atoms with Crippen molar-refractivity contribution in [3.8, 4) is 22.8 Å². The lowest BCUT2D eigenvalue weighted by atomic mass is 9.95. The summed E-state index contributed by atoms with van der Waals surface area (Å²) >= 11 is 3.29. The number of amides is 2. The second kappa shape index (κ2) is 15.9. The number of nitrogens with one attached hydrogen (secondary N) is 2. The molecule has 2 amide bonds. The maximum absolute atomic E-state index is 13.4. The zero-order valence-corrected chi connectivity index (χ0v) is 30.7. The Kier molecular flexibility index (Phi) is 11.1. The Morgan fingerprint density at radius 2 is 1.84 bits per heavy atom. The number of allylic oxidation sites excluding steroid dienone is 1. The van der Waals surface area contributed by atoms with E-state index in [9.17, 15) is 9.90 Å². The molecule has 6 aromatic rings. The average molecular weight is 720 g/mol. The summed E-state index contributed by atoms with van der Waals surface area (Å²) in [5.74, 6) is 2.06. The van der Waals surface area contributed by atoms with Crippen molar-refractivity contribution in [2.24, 2.45) is 0 Å². The molecular weight excluding hydrogens is 679 g/mol. The molecule has 10 nitrogen and oxygen atoms in total. The van der Waals surface area contributed by atoms with Crippen molar-refractivity contribution in [3.63, 3.8) is 0 Å². The topological polar surface area (TPSA) is 119 Å². The largest absolute Gasteiger partial charge is 0.491 e. The molecule has 0 aliphatic heterocycles. The molecule has 0 radical (unpaired) electrons. The van der Waals surface area contributed by atoms with Gasteiger partial charge in [-0.15, -0.1) is 16.8 Å². The van der Waals surface area contributed by atoms with Crippen molar-refractivity contribution in [1.82, 2.24) is 29.7 Å². The number of ether oxygens (including phenoxy) is 1. The van der Waals surface area contributed by atoms with Crippen molar-refractivity contribution >= 4 is 41.0 Å². The number of aliphatic hydroxyl groups is 1. The summed E-state index contributed by atoms with van der Waals surface area (Å²) in [6.45, 7) is 10.7. The summed E-state index contributed by atoms with van der Waals surface area (Å²) < 4.78 is 9.07. The highest BCUT2D eigenvalue weighted by Crippen LogP contribution is 2.36. The molecule has 0 fully saturated rings. The zero-order valence-electron chi connectivity index (χ0n) is 29.0. The third-order valence-electron chi connectivity index (χ3n) is 8.56. The van der Waals surface area contributed by atoms with Crippen molar-refractivity contribution in [3.05, 3.63) is 127 Å². The van der Waals surface area contributed by atoms with Gasteiger partial charge in [0.05, 0.1) is 22.7 Å². The van der Waals surface area contributed by atoms with E-state index >= 15 is 0 Å². The van der Waals surface area contributed by atoms with E-state index in [0.29, 0.717) is 18.1 Å². The minimum Gasteiger partial charge on any atom is -0.491 e. The van der Waals surface area contributed by atoms with Gasteiger partial charge in [-0.2, -0.15) is 16.9 Å². The summed E-state index contributed by atoms with van der Waals surface area (Å²) in [6.07, 6.45) is 6.02. The number of pyridine rings is 1. The normalized spacial score (nSPS) is 12.1. The predicted molar refractivity (Wildman–Crippen MR) is 206 cm³/mol. The number of carbonyl (C=O) groups excluding carboxylic acids is 1. The molecule has 0 saturated carbocycles. The second-order valence-corrected chi connectivity index (χ2v) is 14.9. The fourth-order valence-electron chi connectivity index (χ4n) is 5.49. The fourth-order valence-corrected chi connectivity index (χ4v) is 6.76. The van der Waals surface area contributed by atoms with E-state index in [1.807, 2.05) is 89.5 Å². The average Bonchev–Trinajstić information content (AvgIpc) is 3.78. The monoisotopic (exact) mass is 719 g/mol. The van der Waals surface area contributed by atoms with Gasteiger partial charge in [-0.05, 0) is 67.5 Å². The van der Waals surface area contributed by atoms with Crippen molar-refractivity contribution in [1.29, 1.82) is 0 Å². The van der Waals surface area contributed by atoms with E-state index in [-0.39, 0.29) is 29.9 Å². The van der Waals surface area contributed by atoms with Crippen LogP contribution in [-0.4, -0.2) is 55.0 Å². The van der Waals surface area contributed by atoms with Gasteiger partial charge in [0.25, 0.3) is 0 Å². The standard InChI is InChI=1S/C39H41N7O3S2/c1-6-26(2)31-15-8-9-16-32(31)37-43-42-35-19-18-30(25-45(35)37)51-33-17-10-7-12-27(33)24-40-38(48)41-36-23-34(39(3,4)50-5)44-46(36)28-13-11-14-29(22-28)49-21-20-47/h6-19,22-23,25-26,47H,1,20-21,24H2,2-5H3,(H2,40,41,48). The Labute approximate surface area is 306 Å². The third kappa shape index (κ3) is 8.14. The van der Waals surface area contributed by atoms with Crippen LogP contribution in [0.4, 0.5) is 10.6 Å². The predicted octanol–water partition coefficient (Wildman–Crippen LogP) is 8.31. The molecule has 3 aromatic heterocycles. The molecule has 0 aliphatic rings. The highest BCUT2D eigenvalue weighted by molar-refractivity contribution is 7.99. The Bertz CT molecular complexity index is 2160. The Morgan fingerprint density at radius 1 is 1.04 bits per heavy atom. The van der Waals surface area contributed by atoms with Crippen LogP contribution in [0.25, 0.3) is 22.7 Å². The summed E-state index contributed by atoms with van der Waals surface area (Å²) in [5.41, 5.74) is 5.43. The maximum atomic E-state index is 13.4. The van der Waals surface area contributed by atoms with Crippen LogP contribution in [0.2, 0.25) is 0 Å². The smallest absolute Gasteiger partial charge is 0.320 e. The van der Waals surface area contributed by atoms with Gasteiger partial charge in [-0.1, -0.05) is 73.3 Å². The highest BCUT2D eigenvalue weighted by atomic mass is 32.2. The molecule has 3 heterocycles. The van der Waals surface area contributed by atoms with Crippen molar-refractivity contribution in [2.45, 2.75) is 47.8 Å². The molecule has 1 atom stereocenters. The van der Waals surface area contributed by atoms with E-state index in [4.69, 9.17) is 9.84 Å². The first-order valence-electron chi connectivity index (χ1n) is 16.6. The maximum Gasteiger partial charge on any atom is 0.320 e. The molecule has 3 N–H and O–H groups in total. The second-order valence-electron chi connectivity index (χ2n) is 12.4. The van der Waals surface area contributed by atoms with Crippen molar-refractivity contribution in [2.75, 3.05) is 24.8 Å². The molecule has 262 valence electrons. The molecule has 1 unspecified atom stereocenters. The lowest BCUT2D eigenvalue weighted by Crippen LogP contribution is -2.29. The van der Waals surface area contributed by atoms with Crippen LogP contribution in [-0.2, 0) is 11.3 Å². The highest BCUT2D eigenvalue weighted by Gasteiger charge is 2.25.